The molecule has 0 bridgehead atoms. The maximum absolute atomic E-state index is 12.7. The number of carbonyl (C=O) groups excluding carboxylic acids is 3. The van der Waals surface area contributed by atoms with Gasteiger partial charge in [0.2, 0.25) is 11.8 Å². The van der Waals surface area contributed by atoms with Crippen molar-refractivity contribution in [2.75, 3.05) is 39.3 Å². The smallest absolute Gasteiger partial charge is 0.261 e. The molecule has 1 N–H and O–H groups in total. The number of amides is 3. The zero-order valence-corrected chi connectivity index (χ0v) is 17.5. The third kappa shape index (κ3) is 4.91. The van der Waals surface area contributed by atoms with Gasteiger partial charge in [0.1, 0.15) is 6.04 Å². The second kappa shape index (κ2) is 9.52. The maximum atomic E-state index is 12.7. The Balaban J connectivity index is 1.46. The number of carbonyl (C=O) groups is 3. The fourth-order valence-corrected chi connectivity index (χ4v) is 4.50. The molecule has 0 spiro atoms. The summed E-state index contributed by atoms with van der Waals surface area (Å²) in [5.74, 6) is -0.0779. The summed E-state index contributed by atoms with van der Waals surface area (Å²) in [4.78, 5) is 44.1. The standard InChI is InChI=1S/C20H30N4O3S/c1-15(21-18(25)17-7-6-14-28-17)19(26)24-12-10-22(11-13-24)16(2)20(27)23-8-4-3-5-9-23/h6-7,14-16H,3-5,8-13H2,1-2H3,(H,21,25). The molecule has 2 aliphatic heterocycles. The minimum atomic E-state index is -0.562. The van der Waals surface area contributed by atoms with E-state index in [1.165, 1.54) is 17.8 Å². The summed E-state index contributed by atoms with van der Waals surface area (Å²) in [6.07, 6.45) is 3.39. The molecule has 7 nitrogen and oxygen atoms in total. The number of piperidine rings is 1. The Morgan fingerprint density at radius 1 is 0.929 bits per heavy atom. The Bertz CT molecular complexity index is 680. The number of likely N-dealkylation sites (tertiary alicyclic amines) is 1. The van der Waals surface area contributed by atoms with E-state index in [0.717, 1.165) is 25.9 Å². The van der Waals surface area contributed by atoms with Crippen LogP contribution in [0.25, 0.3) is 0 Å². The molecule has 3 rings (SSSR count). The predicted octanol–water partition coefficient (Wildman–Crippen LogP) is 1.41. The molecule has 28 heavy (non-hydrogen) atoms. The van der Waals surface area contributed by atoms with E-state index in [1.807, 2.05) is 23.3 Å². The van der Waals surface area contributed by atoms with E-state index in [4.69, 9.17) is 0 Å². The Kier molecular flexibility index (Phi) is 7.07. The third-order valence-corrected chi connectivity index (χ3v) is 6.53. The molecular formula is C20H30N4O3S. The van der Waals surface area contributed by atoms with Crippen molar-refractivity contribution in [3.8, 4) is 0 Å². The van der Waals surface area contributed by atoms with Gasteiger partial charge >= 0.3 is 0 Å². The highest BCUT2D eigenvalue weighted by atomic mass is 32.1. The van der Waals surface area contributed by atoms with E-state index in [2.05, 4.69) is 10.2 Å². The number of nitrogens with one attached hydrogen (secondary N) is 1. The van der Waals surface area contributed by atoms with Gasteiger partial charge in [0, 0.05) is 39.3 Å². The van der Waals surface area contributed by atoms with Crippen molar-refractivity contribution in [3.63, 3.8) is 0 Å². The van der Waals surface area contributed by atoms with Crippen LogP contribution in [0, 0.1) is 0 Å². The SMILES string of the molecule is CC(NC(=O)c1cccs1)C(=O)N1CCN(C(C)C(=O)N2CCCCC2)CC1. The van der Waals surface area contributed by atoms with Gasteiger partial charge in [0.15, 0.2) is 0 Å². The van der Waals surface area contributed by atoms with Crippen molar-refractivity contribution in [2.24, 2.45) is 0 Å². The van der Waals surface area contributed by atoms with E-state index in [9.17, 15) is 14.4 Å². The molecule has 2 aliphatic rings. The van der Waals surface area contributed by atoms with Crippen molar-refractivity contribution < 1.29 is 14.4 Å². The van der Waals surface area contributed by atoms with Crippen LogP contribution in [0.3, 0.4) is 0 Å². The molecular weight excluding hydrogens is 376 g/mol. The topological polar surface area (TPSA) is 73.0 Å². The first-order valence-corrected chi connectivity index (χ1v) is 11.0. The van der Waals surface area contributed by atoms with E-state index in [1.54, 1.807) is 17.9 Å². The molecule has 2 saturated heterocycles. The van der Waals surface area contributed by atoms with Gasteiger partial charge < -0.3 is 15.1 Å². The molecule has 0 radical (unpaired) electrons. The Labute approximate surface area is 170 Å². The van der Waals surface area contributed by atoms with Crippen LogP contribution >= 0.6 is 11.3 Å². The highest BCUT2D eigenvalue weighted by molar-refractivity contribution is 7.12. The van der Waals surface area contributed by atoms with E-state index >= 15 is 0 Å². The monoisotopic (exact) mass is 406 g/mol. The van der Waals surface area contributed by atoms with Crippen molar-refractivity contribution >= 4 is 29.1 Å². The minimum Gasteiger partial charge on any atom is -0.341 e. The van der Waals surface area contributed by atoms with Crippen LogP contribution in [0.4, 0.5) is 0 Å². The van der Waals surface area contributed by atoms with Crippen molar-refractivity contribution in [3.05, 3.63) is 22.4 Å². The van der Waals surface area contributed by atoms with Crippen molar-refractivity contribution in [2.45, 2.75) is 45.2 Å². The lowest BCUT2D eigenvalue weighted by Crippen LogP contribution is -2.58. The third-order valence-electron chi connectivity index (χ3n) is 5.66. The average molecular weight is 407 g/mol. The van der Waals surface area contributed by atoms with Crippen LogP contribution in [0.15, 0.2) is 17.5 Å². The lowest BCUT2D eigenvalue weighted by Gasteiger charge is -2.40. The van der Waals surface area contributed by atoms with Gasteiger partial charge in [0.25, 0.3) is 5.91 Å². The first kappa shape index (κ1) is 20.8. The van der Waals surface area contributed by atoms with E-state index in [-0.39, 0.29) is 23.8 Å². The molecule has 2 fully saturated rings. The molecule has 2 atom stereocenters. The molecule has 3 heterocycles. The second-order valence-electron chi connectivity index (χ2n) is 7.60. The average Bonchev–Trinajstić information content (AvgIpc) is 3.28. The van der Waals surface area contributed by atoms with Gasteiger partial charge in [0.05, 0.1) is 10.9 Å². The predicted molar refractivity (Wildman–Crippen MR) is 109 cm³/mol. The molecule has 2 unspecified atom stereocenters. The van der Waals surface area contributed by atoms with Crippen molar-refractivity contribution in [1.82, 2.24) is 20.0 Å². The molecule has 1 aromatic rings. The summed E-state index contributed by atoms with van der Waals surface area (Å²) in [5.41, 5.74) is 0. The zero-order chi connectivity index (χ0) is 20.1. The number of nitrogens with zero attached hydrogens (tertiary/aromatic N) is 3. The van der Waals surface area contributed by atoms with Gasteiger partial charge in [-0.1, -0.05) is 6.07 Å². The van der Waals surface area contributed by atoms with Gasteiger partial charge in [-0.3, -0.25) is 19.3 Å². The van der Waals surface area contributed by atoms with Gasteiger partial charge in [-0.15, -0.1) is 11.3 Å². The molecule has 0 aromatic carbocycles. The number of hydrogen-bond acceptors (Lipinski definition) is 5. The summed E-state index contributed by atoms with van der Waals surface area (Å²) >= 11 is 1.36. The summed E-state index contributed by atoms with van der Waals surface area (Å²) in [5, 5.41) is 4.62. The maximum Gasteiger partial charge on any atom is 0.261 e. The fraction of sp³-hybridized carbons (Fsp3) is 0.650. The first-order valence-electron chi connectivity index (χ1n) is 10.1. The quantitative estimate of drug-likeness (QED) is 0.803. The summed E-state index contributed by atoms with van der Waals surface area (Å²) in [6.45, 7) is 7.94. The van der Waals surface area contributed by atoms with Gasteiger partial charge in [-0.2, -0.15) is 0 Å². The summed E-state index contributed by atoms with van der Waals surface area (Å²) < 4.78 is 0. The molecule has 0 aliphatic carbocycles. The largest absolute Gasteiger partial charge is 0.341 e. The molecule has 0 saturated carbocycles. The van der Waals surface area contributed by atoms with Crippen LogP contribution in [0.2, 0.25) is 0 Å². The van der Waals surface area contributed by atoms with E-state index < -0.39 is 6.04 Å². The first-order chi connectivity index (χ1) is 13.5. The number of hydrogen-bond donors (Lipinski definition) is 1. The van der Waals surface area contributed by atoms with Crippen LogP contribution in [-0.2, 0) is 9.59 Å². The Hall–Kier alpha value is -1.93. The number of piperazine rings is 1. The van der Waals surface area contributed by atoms with E-state index in [0.29, 0.717) is 31.1 Å². The summed E-state index contributed by atoms with van der Waals surface area (Å²) in [6, 6.07) is 2.86. The molecule has 154 valence electrons. The lowest BCUT2D eigenvalue weighted by molar-refractivity contribution is -0.140. The Morgan fingerprint density at radius 2 is 1.57 bits per heavy atom. The van der Waals surface area contributed by atoms with Crippen LogP contribution in [0.5, 0.6) is 0 Å². The highest BCUT2D eigenvalue weighted by Gasteiger charge is 2.31. The molecule has 8 heteroatoms. The lowest BCUT2D eigenvalue weighted by atomic mass is 10.1. The van der Waals surface area contributed by atoms with Gasteiger partial charge in [-0.25, -0.2) is 0 Å². The van der Waals surface area contributed by atoms with Crippen LogP contribution in [-0.4, -0.2) is 83.8 Å². The van der Waals surface area contributed by atoms with Crippen molar-refractivity contribution in [1.29, 1.82) is 0 Å². The van der Waals surface area contributed by atoms with Crippen LogP contribution < -0.4 is 5.32 Å². The fourth-order valence-electron chi connectivity index (χ4n) is 3.88. The summed E-state index contributed by atoms with van der Waals surface area (Å²) in [7, 11) is 0. The normalized spacial score (nSPS) is 20.5. The minimum absolute atomic E-state index is 0.0698. The van der Waals surface area contributed by atoms with Crippen LogP contribution in [0.1, 0.15) is 42.8 Å². The molecule has 3 amide bonds. The highest BCUT2D eigenvalue weighted by Crippen LogP contribution is 2.15. The zero-order valence-electron chi connectivity index (χ0n) is 16.7. The molecule has 1 aromatic heterocycles. The number of rotatable bonds is 5. The second-order valence-corrected chi connectivity index (χ2v) is 8.54. The number of thiophene rings is 1. The van der Waals surface area contributed by atoms with Gasteiger partial charge in [-0.05, 0) is 44.6 Å². The Morgan fingerprint density at radius 3 is 2.18 bits per heavy atom.